The average Bonchev–Trinajstić information content (AvgIpc) is 2.62. The predicted molar refractivity (Wildman–Crippen MR) is 72.6 cm³/mol. The number of hydrogen-bond acceptors (Lipinski definition) is 2. The number of aromatic nitrogens is 2. The summed E-state index contributed by atoms with van der Waals surface area (Å²) in [5.41, 5.74) is 4.53. The van der Waals surface area contributed by atoms with Crippen molar-refractivity contribution in [1.82, 2.24) is 9.78 Å². The van der Waals surface area contributed by atoms with E-state index in [1.807, 2.05) is 18.7 Å². The van der Waals surface area contributed by atoms with E-state index >= 15 is 0 Å². The van der Waals surface area contributed by atoms with Crippen LogP contribution in [0.4, 0.5) is 0 Å². The van der Waals surface area contributed by atoms with Crippen LogP contribution in [0.15, 0.2) is 11.6 Å². The second-order valence-corrected chi connectivity index (χ2v) is 5.17. The lowest BCUT2D eigenvalue weighted by molar-refractivity contribution is -0.115. The van der Waals surface area contributed by atoms with E-state index in [-0.39, 0.29) is 0 Å². The van der Waals surface area contributed by atoms with Gasteiger partial charge in [0.1, 0.15) is 0 Å². The highest BCUT2D eigenvalue weighted by atomic mass is 16.1. The lowest BCUT2D eigenvalue weighted by atomic mass is 9.93. The third-order valence-corrected chi connectivity index (χ3v) is 3.91. The number of Topliss-reactive ketones (excluding diaryl/α,β-unsaturated/α-hetero) is 1. The normalized spacial score (nSPS) is 15.6. The molecule has 0 N–H and O–H groups in total. The van der Waals surface area contributed by atoms with E-state index in [0.29, 0.717) is 12.2 Å². The van der Waals surface area contributed by atoms with E-state index < -0.39 is 0 Å². The molecule has 0 unspecified atom stereocenters. The van der Waals surface area contributed by atoms with Gasteiger partial charge < -0.3 is 0 Å². The van der Waals surface area contributed by atoms with Gasteiger partial charge in [0.05, 0.1) is 5.69 Å². The van der Waals surface area contributed by atoms with Crippen LogP contribution < -0.4 is 0 Å². The summed E-state index contributed by atoms with van der Waals surface area (Å²) >= 11 is 0. The third kappa shape index (κ3) is 2.71. The first-order chi connectivity index (χ1) is 8.59. The third-order valence-electron chi connectivity index (χ3n) is 3.91. The van der Waals surface area contributed by atoms with E-state index in [4.69, 9.17) is 0 Å². The minimum atomic E-state index is 0.331. The first kappa shape index (κ1) is 13.1. The van der Waals surface area contributed by atoms with Crippen LogP contribution in [0.5, 0.6) is 0 Å². The molecule has 2 rings (SSSR count). The molecule has 3 nitrogen and oxygen atoms in total. The van der Waals surface area contributed by atoms with Gasteiger partial charge in [0.2, 0.25) is 0 Å². The van der Waals surface area contributed by atoms with Crippen LogP contribution in [-0.4, -0.2) is 15.6 Å². The van der Waals surface area contributed by atoms with Gasteiger partial charge in [-0.25, -0.2) is 0 Å². The summed E-state index contributed by atoms with van der Waals surface area (Å²) in [5.74, 6) is 0.331. The average molecular weight is 246 g/mol. The Morgan fingerprint density at radius 1 is 1.39 bits per heavy atom. The SMILES string of the molecule is Cc1nn(C)c(C)c1CCC(=O)C1=CCCCC1. The minimum absolute atomic E-state index is 0.331. The standard InChI is InChI=1S/C15H22N2O/c1-11-14(12(2)17(3)16-11)9-10-15(18)13-7-5-4-6-8-13/h7H,4-6,8-10H2,1-3H3. The molecule has 0 fully saturated rings. The van der Waals surface area contributed by atoms with Crippen LogP contribution in [0.25, 0.3) is 0 Å². The number of carbonyl (C=O) groups excluding carboxylic acids is 1. The largest absolute Gasteiger partial charge is 0.295 e. The molecule has 0 aromatic carbocycles. The zero-order chi connectivity index (χ0) is 13.1. The monoisotopic (exact) mass is 246 g/mol. The second-order valence-electron chi connectivity index (χ2n) is 5.17. The molecule has 0 saturated heterocycles. The molecule has 3 heteroatoms. The minimum Gasteiger partial charge on any atom is -0.295 e. The predicted octanol–water partition coefficient (Wildman–Crippen LogP) is 3.04. The fourth-order valence-corrected chi connectivity index (χ4v) is 2.67. The molecule has 1 aliphatic carbocycles. The molecule has 0 amide bonds. The van der Waals surface area contributed by atoms with Crippen molar-refractivity contribution < 1.29 is 4.79 Å². The van der Waals surface area contributed by atoms with Crippen molar-refractivity contribution in [3.63, 3.8) is 0 Å². The molecule has 18 heavy (non-hydrogen) atoms. The lowest BCUT2D eigenvalue weighted by Gasteiger charge is -2.11. The van der Waals surface area contributed by atoms with Gasteiger partial charge in [-0.15, -0.1) is 0 Å². The zero-order valence-electron chi connectivity index (χ0n) is 11.6. The van der Waals surface area contributed by atoms with Gasteiger partial charge in [0.25, 0.3) is 0 Å². The zero-order valence-corrected chi connectivity index (χ0v) is 11.6. The Balaban J connectivity index is 1.99. The summed E-state index contributed by atoms with van der Waals surface area (Å²) in [5, 5.41) is 4.39. The smallest absolute Gasteiger partial charge is 0.158 e. The molecule has 0 atom stereocenters. The molecule has 0 bridgehead atoms. The summed E-state index contributed by atoms with van der Waals surface area (Å²) in [6, 6.07) is 0. The Labute approximate surface area is 109 Å². The molecular formula is C15H22N2O. The lowest BCUT2D eigenvalue weighted by Crippen LogP contribution is -2.07. The van der Waals surface area contributed by atoms with Gasteiger partial charge in [-0.3, -0.25) is 9.48 Å². The van der Waals surface area contributed by atoms with Gasteiger partial charge in [0.15, 0.2) is 5.78 Å². The number of carbonyl (C=O) groups is 1. The van der Waals surface area contributed by atoms with Crippen molar-refractivity contribution in [3.05, 3.63) is 28.6 Å². The maximum Gasteiger partial charge on any atom is 0.158 e. The van der Waals surface area contributed by atoms with E-state index in [9.17, 15) is 4.79 Å². The Bertz CT molecular complexity index is 483. The molecule has 98 valence electrons. The number of allylic oxidation sites excluding steroid dienone is 2. The molecule has 1 heterocycles. The van der Waals surface area contributed by atoms with Crippen LogP contribution in [0, 0.1) is 13.8 Å². The molecule has 0 spiro atoms. The summed E-state index contributed by atoms with van der Waals surface area (Å²) in [6.07, 6.45) is 8.03. The van der Waals surface area contributed by atoms with E-state index in [1.54, 1.807) is 0 Å². The Hall–Kier alpha value is -1.38. The molecular weight excluding hydrogens is 224 g/mol. The van der Waals surface area contributed by atoms with Crippen molar-refractivity contribution in [2.45, 2.75) is 52.4 Å². The molecule has 1 aromatic heterocycles. The molecule has 0 radical (unpaired) electrons. The Morgan fingerprint density at radius 3 is 2.72 bits per heavy atom. The van der Waals surface area contributed by atoms with Gasteiger partial charge in [-0.05, 0) is 57.1 Å². The van der Waals surface area contributed by atoms with E-state index in [1.165, 1.54) is 24.1 Å². The van der Waals surface area contributed by atoms with Gasteiger partial charge in [-0.2, -0.15) is 5.10 Å². The van der Waals surface area contributed by atoms with Gasteiger partial charge in [-0.1, -0.05) is 6.08 Å². The van der Waals surface area contributed by atoms with Gasteiger partial charge >= 0.3 is 0 Å². The number of ketones is 1. The molecule has 0 saturated carbocycles. The summed E-state index contributed by atoms with van der Waals surface area (Å²) in [6.45, 7) is 4.09. The Morgan fingerprint density at radius 2 is 2.17 bits per heavy atom. The molecule has 0 aliphatic heterocycles. The van der Waals surface area contributed by atoms with Crippen LogP contribution in [0.3, 0.4) is 0 Å². The summed E-state index contributed by atoms with van der Waals surface area (Å²) in [7, 11) is 1.96. The van der Waals surface area contributed by atoms with Gasteiger partial charge in [0, 0.05) is 19.2 Å². The topological polar surface area (TPSA) is 34.9 Å². The van der Waals surface area contributed by atoms with Crippen molar-refractivity contribution in [2.24, 2.45) is 7.05 Å². The summed E-state index contributed by atoms with van der Waals surface area (Å²) in [4.78, 5) is 12.1. The fraction of sp³-hybridized carbons (Fsp3) is 0.600. The van der Waals surface area contributed by atoms with Crippen molar-refractivity contribution in [1.29, 1.82) is 0 Å². The second kappa shape index (κ2) is 5.51. The molecule has 1 aromatic rings. The van der Waals surface area contributed by atoms with Crippen LogP contribution >= 0.6 is 0 Å². The van der Waals surface area contributed by atoms with Crippen LogP contribution in [0.2, 0.25) is 0 Å². The van der Waals surface area contributed by atoms with Crippen molar-refractivity contribution in [3.8, 4) is 0 Å². The number of hydrogen-bond donors (Lipinski definition) is 0. The maximum absolute atomic E-state index is 12.1. The quantitative estimate of drug-likeness (QED) is 0.818. The maximum atomic E-state index is 12.1. The molecule has 1 aliphatic rings. The number of rotatable bonds is 4. The highest BCUT2D eigenvalue weighted by molar-refractivity contribution is 5.95. The summed E-state index contributed by atoms with van der Waals surface area (Å²) < 4.78 is 1.90. The highest BCUT2D eigenvalue weighted by Gasteiger charge is 2.15. The van der Waals surface area contributed by atoms with Crippen molar-refractivity contribution >= 4 is 5.78 Å². The number of nitrogens with zero attached hydrogens (tertiary/aromatic N) is 2. The highest BCUT2D eigenvalue weighted by Crippen LogP contribution is 2.21. The first-order valence-corrected chi connectivity index (χ1v) is 6.81. The first-order valence-electron chi connectivity index (χ1n) is 6.81. The van der Waals surface area contributed by atoms with Crippen molar-refractivity contribution in [2.75, 3.05) is 0 Å². The Kier molecular flexibility index (Phi) is 4.00. The van der Waals surface area contributed by atoms with Crippen LogP contribution in [-0.2, 0) is 18.3 Å². The fourth-order valence-electron chi connectivity index (χ4n) is 2.67. The van der Waals surface area contributed by atoms with E-state index in [2.05, 4.69) is 18.1 Å². The van der Waals surface area contributed by atoms with Crippen LogP contribution in [0.1, 0.15) is 49.1 Å². The van der Waals surface area contributed by atoms with E-state index in [0.717, 1.165) is 30.5 Å². The number of aryl methyl sites for hydroxylation is 2.